The van der Waals surface area contributed by atoms with E-state index in [1.807, 2.05) is 0 Å². The van der Waals surface area contributed by atoms with Crippen LogP contribution in [-0.4, -0.2) is 24.5 Å². The summed E-state index contributed by atoms with van der Waals surface area (Å²) in [5.41, 5.74) is 0. The first-order valence-electron chi connectivity index (χ1n) is 3.82. The molecule has 0 aliphatic carbocycles. The van der Waals surface area contributed by atoms with E-state index in [0.717, 1.165) is 19.5 Å². The van der Waals surface area contributed by atoms with Crippen LogP contribution in [0.4, 0.5) is 0 Å². The Morgan fingerprint density at radius 3 is 3.20 bits per heavy atom. The van der Waals surface area contributed by atoms with Crippen LogP contribution < -0.4 is 0 Å². The maximum absolute atomic E-state index is 3.21. The van der Waals surface area contributed by atoms with Crippen molar-refractivity contribution < 1.29 is 0 Å². The Labute approximate surface area is 63.0 Å². The minimum Gasteiger partial charge on any atom is -0.295 e. The normalized spacial score (nSPS) is 20.5. The van der Waals surface area contributed by atoms with Crippen LogP contribution in [0.5, 0.6) is 0 Å². The third-order valence-corrected chi connectivity index (χ3v) is 1.65. The molecule has 1 radical (unpaired) electrons. The van der Waals surface area contributed by atoms with Gasteiger partial charge in [-0.05, 0) is 19.4 Å². The van der Waals surface area contributed by atoms with E-state index in [1.165, 1.54) is 6.54 Å². The highest BCUT2D eigenvalue weighted by atomic mass is 15.1. The highest BCUT2D eigenvalue weighted by Crippen LogP contribution is 1.99. The maximum Gasteiger partial charge on any atom is 0.0237 e. The van der Waals surface area contributed by atoms with Crippen molar-refractivity contribution in [3.8, 4) is 0 Å². The summed E-state index contributed by atoms with van der Waals surface area (Å²) in [6.07, 6.45) is 10.8. The lowest BCUT2D eigenvalue weighted by Gasteiger charge is -2.20. The van der Waals surface area contributed by atoms with Crippen LogP contribution in [-0.2, 0) is 0 Å². The van der Waals surface area contributed by atoms with E-state index < -0.39 is 0 Å². The number of nitrogens with zero attached hydrogens (tertiary/aromatic N) is 1. The van der Waals surface area contributed by atoms with E-state index in [9.17, 15) is 0 Å². The zero-order valence-corrected chi connectivity index (χ0v) is 6.51. The number of hydrogen-bond acceptors (Lipinski definition) is 1. The molecule has 1 aliphatic rings. The van der Waals surface area contributed by atoms with Gasteiger partial charge < -0.3 is 0 Å². The van der Waals surface area contributed by atoms with Gasteiger partial charge in [0.25, 0.3) is 0 Å². The summed E-state index contributed by atoms with van der Waals surface area (Å²) in [7, 11) is 0. The van der Waals surface area contributed by atoms with E-state index in [0.29, 0.717) is 0 Å². The maximum atomic E-state index is 3.21. The van der Waals surface area contributed by atoms with Crippen LogP contribution in [0.3, 0.4) is 0 Å². The molecule has 0 fully saturated rings. The van der Waals surface area contributed by atoms with E-state index in [-0.39, 0.29) is 0 Å². The lowest BCUT2D eigenvalue weighted by molar-refractivity contribution is 0.325. The van der Waals surface area contributed by atoms with Crippen molar-refractivity contribution in [3.63, 3.8) is 0 Å². The first kappa shape index (κ1) is 7.55. The van der Waals surface area contributed by atoms with Crippen LogP contribution in [0.2, 0.25) is 0 Å². The van der Waals surface area contributed by atoms with Crippen LogP contribution in [0.25, 0.3) is 0 Å². The molecule has 0 spiro atoms. The molecule has 0 atom stereocenters. The Hall–Kier alpha value is -0.560. The second-order valence-corrected chi connectivity index (χ2v) is 2.50. The first-order valence-corrected chi connectivity index (χ1v) is 3.82. The van der Waals surface area contributed by atoms with Crippen molar-refractivity contribution in [2.45, 2.75) is 13.3 Å². The van der Waals surface area contributed by atoms with Gasteiger partial charge in [0.2, 0.25) is 0 Å². The Kier molecular flexibility index (Phi) is 3.23. The zero-order valence-electron chi connectivity index (χ0n) is 6.51. The van der Waals surface area contributed by atoms with Gasteiger partial charge in [-0.1, -0.05) is 18.2 Å². The molecule has 0 saturated heterocycles. The number of rotatable bonds is 2. The van der Waals surface area contributed by atoms with E-state index in [1.54, 1.807) is 0 Å². The van der Waals surface area contributed by atoms with E-state index in [4.69, 9.17) is 0 Å². The molecule has 0 aromatic carbocycles. The quantitative estimate of drug-likeness (QED) is 0.521. The first-order chi connectivity index (χ1) is 4.93. The molecular weight excluding hydrogens is 122 g/mol. The molecule has 1 heterocycles. The van der Waals surface area contributed by atoms with Crippen molar-refractivity contribution in [2.24, 2.45) is 0 Å². The molecule has 55 valence electrons. The molecule has 1 heteroatoms. The highest BCUT2D eigenvalue weighted by molar-refractivity contribution is 4.88. The Balaban J connectivity index is 2.22. The third kappa shape index (κ3) is 2.36. The van der Waals surface area contributed by atoms with Gasteiger partial charge >= 0.3 is 0 Å². The van der Waals surface area contributed by atoms with Gasteiger partial charge in [-0.15, -0.1) is 0 Å². The lowest BCUT2D eigenvalue weighted by atomic mass is 10.2. The average molecular weight is 136 g/mol. The van der Waals surface area contributed by atoms with Crippen molar-refractivity contribution in [1.29, 1.82) is 0 Å². The van der Waals surface area contributed by atoms with Gasteiger partial charge in [0.1, 0.15) is 0 Å². The fraction of sp³-hybridized carbons (Fsp3) is 0.556. The Morgan fingerprint density at radius 2 is 2.60 bits per heavy atom. The van der Waals surface area contributed by atoms with E-state index in [2.05, 4.69) is 36.1 Å². The van der Waals surface area contributed by atoms with Crippen LogP contribution >= 0.6 is 0 Å². The van der Waals surface area contributed by atoms with Gasteiger partial charge in [-0.2, -0.15) is 0 Å². The minimum atomic E-state index is 1.00. The summed E-state index contributed by atoms with van der Waals surface area (Å²) in [5.74, 6) is 0. The summed E-state index contributed by atoms with van der Waals surface area (Å²) in [6.45, 7) is 5.34. The van der Waals surface area contributed by atoms with Gasteiger partial charge in [0.15, 0.2) is 0 Å². The molecular formula is C9H14N. The fourth-order valence-electron chi connectivity index (χ4n) is 1.03. The second kappa shape index (κ2) is 4.29. The minimum absolute atomic E-state index is 1.00. The summed E-state index contributed by atoms with van der Waals surface area (Å²) in [4.78, 5) is 2.38. The van der Waals surface area contributed by atoms with Crippen LogP contribution in [0.1, 0.15) is 13.3 Å². The lowest BCUT2D eigenvalue weighted by Crippen LogP contribution is -2.27. The second-order valence-electron chi connectivity index (χ2n) is 2.50. The summed E-state index contributed by atoms with van der Waals surface area (Å²) in [5, 5.41) is 0. The van der Waals surface area contributed by atoms with Crippen molar-refractivity contribution in [2.75, 3.05) is 19.6 Å². The van der Waals surface area contributed by atoms with Crippen LogP contribution in [0, 0.1) is 6.08 Å². The molecule has 0 N–H and O–H groups in total. The predicted octanol–water partition coefficient (Wildman–Crippen LogP) is 1.63. The standard InChI is InChI=1S/C9H14N/c1-2-3-7-10-8-5-4-6-9-10/h2-4H,5,7-9H2,1H3. The van der Waals surface area contributed by atoms with Gasteiger partial charge in [-0.3, -0.25) is 4.90 Å². The summed E-state index contributed by atoms with van der Waals surface area (Å²) >= 11 is 0. The van der Waals surface area contributed by atoms with Gasteiger partial charge in [0, 0.05) is 19.6 Å². The molecule has 1 nitrogen and oxygen atoms in total. The third-order valence-electron chi connectivity index (χ3n) is 1.65. The topological polar surface area (TPSA) is 3.24 Å². The number of allylic oxidation sites excluding steroid dienone is 1. The average Bonchev–Trinajstić information content (AvgIpc) is 2.03. The molecule has 0 aromatic heterocycles. The SMILES string of the molecule is CC=CCN1C[C]=CCC1. The smallest absolute Gasteiger partial charge is 0.0237 e. The zero-order chi connectivity index (χ0) is 7.23. The molecule has 0 amide bonds. The Morgan fingerprint density at radius 1 is 1.70 bits per heavy atom. The van der Waals surface area contributed by atoms with E-state index >= 15 is 0 Å². The monoisotopic (exact) mass is 136 g/mol. The molecule has 1 aliphatic heterocycles. The summed E-state index contributed by atoms with van der Waals surface area (Å²) < 4.78 is 0. The number of hydrogen-bond donors (Lipinski definition) is 0. The molecule has 0 saturated carbocycles. The summed E-state index contributed by atoms with van der Waals surface area (Å²) in [6, 6.07) is 0. The predicted molar refractivity (Wildman–Crippen MR) is 43.7 cm³/mol. The highest BCUT2D eigenvalue weighted by Gasteiger charge is 2.01. The molecule has 0 aromatic rings. The molecule has 1 rings (SSSR count). The van der Waals surface area contributed by atoms with Crippen LogP contribution in [0.15, 0.2) is 18.2 Å². The van der Waals surface area contributed by atoms with Crippen molar-refractivity contribution in [1.82, 2.24) is 4.90 Å². The Bertz CT molecular complexity index is 136. The largest absolute Gasteiger partial charge is 0.295 e. The fourth-order valence-corrected chi connectivity index (χ4v) is 1.03. The van der Waals surface area contributed by atoms with Gasteiger partial charge in [-0.25, -0.2) is 0 Å². The van der Waals surface area contributed by atoms with Gasteiger partial charge in [0.05, 0.1) is 0 Å². The van der Waals surface area contributed by atoms with Crippen molar-refractivity contribution >= 4 is 0 Å². The molecule has 0 bridgehead atoms. The van der Waals surface area contributed by atoms with Crippen molar-refractivity contribution in [3.05, 3.63) is 24.3 Å². The molecule has 0 unspecified atom stereocenters. The molecule has 10 heavy (non-hydrogen) atoms.